The van der Waals surface area contributed by atoms with Crippen molar-refractivity contribution in [1.82, 2.24) is 19.8 Å². The lowest BCUT2D eigenvalue weighted by atomic mass is 10.3. The van der Waals surface area contributed by atoms with E-state index in [9.17, 15) is 0 Å². The minimum atomic E-state index is 0. The van der Waals surface area contributed by atoms with Gasteiger partial charge < -0.3 is 14.8 Å². The molecular weight excluding hydrogens is 389 g/mol. The Morgan fingerprint density at radius 3 is 2.68 bits per heavy atom. The number of halogens is 1. The predicted octanol–water partition coefficient (Wildman–Crippen LogP) is 3.29. The summed E-state index contributed by atoms with van der Waals surface area (Å²) in [5, 5.41) is 3.37. The minimum Gasteiger partial charge on any atom is -0.357 e. The number of unbranched alkanes of at least 4 members (excludes halogenated alkanes) is 2. The molecule has 0 spiro atoms. The summed E-state index contributed by atoms with van der Waals surface area (Å²) in [6, 6.07) is 0. The number of nitrogens with one attached hydrogen (secondary N) is 1. The standard InChI is InChI=1S/C16H31N5.HI/c1-5-7-12-20(4)16(17-6-2)19-10-8-9-13-21-14-11-18-15(21)3;/h11,14H,5-10,12-13H2,1-4H3,(H,17,19);1H. The summed E-state index contributed by atoms with van der Waals surface area (Å²) in [5.74, 6) is 2.12. The molecule has 0 aliphatic heterocycles. The highest BCUT2D eigenvalue weighted by Gasteiger charge is 2.04. The number of hydrogen-bond donors (Lipinski definition) is 1. The maximum absolute atomic E-state index is 4.71. The van der Waals surface area contributed by atoms with Crippen molar-refractivity contribution >= 4 is 29.9 Å². The van der Waals surface area contributed by atoms with Crippen LogP contribution in [0.15, 0.2) is 17.4 Å². The van der Waals surface area contributed by atoms with Crippen LogP contribution in [0.5, 0.6) is 0 Å². The topological polar surface area (TPSA) is 45.5 Å². The number of nitrogens with zero attached hydrogens (tertiary/aromatic N) is 4. The minimum absolute atomic E-state index is 0. The van der Waals surface area contributed by atoms with Crippen molar-refractivity contribution in [3.05, 3.63) is 18.2 Å². The number of guanidine groups is 1. The Morgan fingerprint density at radius 1 is 1.32 bits per heavy atom. The van der Waals surface area contributed by atoms with Gasteiger partial charge in [-0.25, -0.2) is 4.98 Å². The van der Waals surface area contributed by atoms with Gasteiger partial charge in [-0.05, 0) is 33.1 Å². The van der Waals surface area contributed by atoms with Crippen molar-refractivity contribution in [3.63, 3.8) is 0 Å². The molecule has 22 heavy (non-hydrogen) atoms. The second-order valence-corrected chi connectivity index (χ2v) is 5.39. The van der Waals surface area contributed by atoms with Crippen molar-refractivity contribution in [3.8, 4) is 0 Å². The molecule has 1 rings (SSSR count). The molecule has 0 aliphatic rings. The van der Waals surface area contributed by atoms with E-state index < -0.39 is 0 Å². The van der Waals surface area contributed by atoms with Crippen LogP contribution in [0.25, 0.3) is 0 Å². The summed E-state index contributed by atoms with van der Waals surface area (Å²) in [5.41, 5.74) is 0. The van der Waals surface area contributed by atoms with E-state index in [1.165, 1.54) is 12.8 Å². The molecule has 0 saturated heterocycles. The lowest BCUT2D eigenvalue weighted by Gasteiger charge is -2.21. The lowest BCUT2D eigenvalue weighted by Crippen LogP contribution is -2.39. The van der Waals surface area contributed by atoms with Gasteiger partial charge >= 0.3 is 0 Å². The van der Waals surface area contributed by atoms with Crippen molar-refractivity contribution in [2.24, 2.45) is 4.99 Å². The fourth-order valence-corrected chi connectivity index (χ4v) is 2.19. The zero-order chi connectivity index (χ0) is 15.5. The van der Waals surface area contributed by atoms with E-state index in [1.54, 1.807) is 0 Å². The van der Waals surface area contributed by atoms with E-state index in [-0.39, 0.29) is 24.0 Å². The van der Waals surface area contributed by atoms with Crippen molar-refractivity contribution in [2.45, 2.75) is 53.0 Å². The molecule has 1 aromatic rings. The van der Waals surface area contributed by atoms with Crippen LogP contribution in [0, 0.1) is 6.92 Å². The summed E-state index contributed by atoms with van der Waals surface area (Å²) < 4.78 is 2.20. The zero-order valence-corrected chi connectivity index (χ0v) is 16.8. The molecule has 6 heteroatoms. The van der Waals surface area contributed by atoms with Gasteiger partial charge in [0.1, 0.15) is 5.82 Å². The number of aliphatic imine (C=N–C) groups is 1. The maximum Gasteiger partial charge on any atom is 0.193 e. The van der Waals surface area contributed by atoms with E-state index in [1.807, 2.05) is 19.3 Å². The van der Waals surface area contributed by atoms with Gasteiger partial charge in [-0.15, -0.1) is 24.0 Å². The highest BCUT2D eigenvalue weighted by Crippen LogP contribution is 2.00. The summed E-state index contributed by atoms with van der Waals surface area (Å²) in [7, 11) is 2.12. The van der Waals surface area contributed by atoms with E-state index in [0.29, 0.717) is 0 Å². The maximum atomic E-state index is 4.71. The molecule has 1 heterocycles. The molecule has 0 amide bonds. The summed E-state index contributed by atoms with van der Waals surface area (Å²) >= 11 is 0. The molecule has 1 N–H and O–H groups in total. The molecular formula is C16H32IN5. The smallest absolute Gasteiger partial charge is 0.193 e. The summed E-state index contributed by atoms with van der Waals surface area (Å²) in [6.07, 6.45) is 8.57. The van der Waals surface area contributed by atoms with Gasteiger partial charge in [0.05, 0.1) is 0 Å². The van der Waals surface area contributed by atoms with Crippen molar-refractivity contribution in [1.29, 1.82) is 0 Å². The molecule has 0 unspecified atom stereocenters. The molecule has 0 fully saturated rings. The van der Waals surface area contributed by atoms with Crippen LogP contribution in [0.4, 0.5) is 0 Å². The Balaban J connectivity index is 0.00000441. The first-order chi connectivity index (χ1) is 10.2. The predicted molar refractivity (Wildman–Crippen MR) is 105 cm³/mol. The average Bonchev–Trinajstić information content (AvgIpc) is 2.88. The molecule has 0 aliphatic carbocycles. The highest BCUT2D eigenvalue weighted by atomic mass is 127. The number of rotatable bonds is 9. The first kappa shape index (κ1) is 21.2. The van der Waals surface area contributed by atoms with Crippen LogP contribution in [0.1, 0.15) is 45.4 Å². The lowest BCUT2D eigenvalue weighted by molar-refractivity contribution is 0.464. The largest absolute Gasteiger partial charge is 0.357 e. The zero-order valence-electron chi connectivity index (χ0n) is 14.5. The van der Waals surface area contributed by atoms with Gasteiger partial charge in [-0.3, -0.25) is 4.99 Å². The summed E-state index contributed by atoms with van der Waals surface area (Å²) in [4.78, 5) is 11.2. The second-order valence-electron chi connectivity index (χ2n) is 5.39. The molecule has 0 radical (unpaired) electrons. The molecule has 5 nitrogen and oxygen atoms in total. The Morgan fingerprint density at radius 2 is 2.09 bits per heavy atom. The molecule has 1 aromatic heterocycles. The third-order valence-corrected chi connectivity index (χ3v) is 3.54. The quantitative estimate of drug-likeness (QED) is 0.288. The molecule has 0 atom stereocenters. The summed E-state index contributed by atoms with van der Waals surface area (Å²) in [6.45, 7) is 10.3. The molecule has 0 saturated carbocycles. The SMILES string of the molecule is CCCCN(C)C(=NCCCCn1ccnc1C)NCC.I. The fourth-order valence-electron chi connectivity index (χ4n) is 2.19. The number of aryl methyl sites for hydroxylation is 2. The highest BCUT2D eigenvalue weighted by molar-refractivity contribution is 14.0. The monoisotopic (exact) mass is 421 g/mol. The fraction of sp³-hybridized carbons (Fsp3) is 0.750. The first-order valence-corrected chi connectivity index (χ1v) is 8.16. The van der Waals surface area contributed by atoms with E-state index in [4.69, 9.17) is 4.99 Å². The van der Waals surface area contributed by atoms with Crippen LogP contribution >= 0.6 is 24.0 Å². The van der Waals surface area contributed by atoms with E-state index >= 15 is 0 Å². The van der Waals surface area contributed by atoms with Crippen LogP contribution in [-0.2, 0) is 6.54 Å². The molecule has 128 valence electrons. The first-order valence-electron chi connectivity index (χ1n) is 8.16. The third kappa shape index (κ3) is 8.00. The Hall–Kier alpha value is -0.790. The third-order valence-electron chi connectivity index (χ3n) is 3.54. The number of aromatic nitrogens is 2. The molecule has 0 bridgehead atoms. The van der Waals surface area contributed by atoms with E-state index in [0.717, 1.165) is 50.8 Å². The van der Waals surface area contributed by atoms with Crippen LogP contribution in [0.3, 0.4) is 0 Å². The Kier molecular flexibility index (Phi) is 12.3. The van der Waals surface area contributed by atoms with Gasteiger partial charge in [-0.2, -0.15) is 0 Å². The van der Waals surface area contributed by atoms with Crippen LogP contribution < -0.4 is 5.32 Å². The van der Waals surface area contributed by atoms with E-state index in [2.05, 4.69) is 40.7 Å². The van der Waals surface area contributed by atoms with Crippen LogP contribution in [0.2, 0.25) is 0 Å². The molecule has 0 aromatic carbocycles. The number of imidazole rings is 1. The normalized spacial score (nSPS) is 11.2. The van der Waals surface area contributed by atoms with Crippen LogP contribution in [-0.4, -0.2) is 47.1 Å². The Bertz CT molecular complexity index is 416. The Labute approximate surface area is 152 Å². The van der Waals surface area contributed by atoms with Crippen molar-refractivity contribution < 1.29 is 0 Å². The van der Waals surface area contributed by atoms with Gasteiger partial charge in [0.2, 0.25) is 0 Å². The average molecular weight is 421 g/mol. The van der Waals surface area contributed by atoms with Crippen molar-refractivity contribution in [2.75, 3.05) is 26.7 Å². The van der Waals surface area contributed by atoms with Gasteiger partial charge in [0.15, 0.2) is 5.96 Å². The van der Waals surface area contributed by atoms with Gasteiger partial charge in [-0.1, -0.05) is 13.3 Å². The van der Waals surface area contributed by atoms with Gasteiger partial charge in [0.25, 0.3) is 0 Å². The second kappa shape index (κ2) is 12.7. The number of hydrogen-bond acceptors (Lipinski definition) is 2. The van der Waals surface area contributed by atoms with Gasteiger partial charge in [0, 0.05) is 45.6 Å².